The summed E-state index contributed by atoms with van der Waals surface area (Å²) < 4.78 is 5.27. The second-order valence-corrected chi connectivity index (χ2v) is 5.97. The Hall–Kier alpha value is -2.95. The van der Waals surface area contributed by atoms with E-state index in [1.807, 2.05) is 19.9 Å². The summed E-state index contributed by atoms with van der Waals surface area (Å²) in [7, 11) is 0. The number of ketones is 1. The number of rotatable bonds is 5. The summed E-state index contributed by atoms with van der Waals surface area (Å²) in [5.41, 5.74) is 3.53. The Bertz CT molecular complexity index is 809. The quantitative estimate of drug-likeness (QED) is 0.666. The molecule has 2 aromatic carbocycles. The van der Waals surface area contributed by atoms with Crippen LogP contribution in [-0.4, -0.2) is 23.8 Å². The van der Waals surface area contributed by atoms with E-state index >= 15 is 0 Å². The largest absolute Gasteiger partial charge is 0.451 e. The molecule has 1 atom stereocenters. The molecule has 0 aliphatic carbocycles. The molecule has 0 aliphatic heterocycles. The first kappa shape index (κ1) is 18.4. The van der Waals surface area contributed by atoms with Gasteiger partial charge < -0.3 is 10.1 Å². The first-order valence-corrected chi connectivity index (χ1v) is 7.98. The van der Waals surface area contributed by atoms with E-state index in [0.717, 1.165) is 11.1 Å². The number of aryl methyl sites for hydroxylation is 2. The second kappa shape index (κ2) is 7.75. The maximum Gasteiger partial charge on any atom is 0.338 e. The molecule has 2 rings (SSSR count). The van der Waals surface area contributed by atoms with Gasteiger partial charge in [-0.15, -0.1) is 0 Å². The normalized spacial score (nSPS) is 11.5. The number of Topliss-reactive ketones (excluding diaryl/α,β-unsaturated/α-hetero) is 1. The number of ether oxygens (including phenoxy) is 1. The molecule has 1 N–H and O–H groups in total. The maximum atomic E-state index is 12.4. The van der Waals surface area contributed by atoms with Gasteiger partial charge >= 0.3 is 5.97 Å². The van der Waals surface area contributed by atoms with E-state index in [4.69, 9.17) is 4.74 Å². The average Bonchev–Trinajstić information content (AvgIpc) is 2.56. The summed E-state index contributed by atoms with van der Waals surface area (Å²) in [6, 6.07) is 11.7. The summed E-state index contributed by atoms with van der Waals surface area (Å²) in [5, 5.41) is 2.62. The van der Waals surface area contributed by atoms with Crippen molar-refractivity contribution in [1.82, 2.24) is 0 Å². The summed E-state index contributed by atoms with van der Waals surface area (Å²) in [6.45, 7) is 6.86. The van der Waals surface area contributed by atoms with Crippen LogP contribution < -0.4 is 5.32 Å². The van der Waals surface area contributed by atoms with E-state index in [0.29, 0.717) is 16.8 Å². The van der Waals surface area contributed by atoms with Crippen molar-refractivity contribution in [2.24, 2.45) is 0 Å². The number of esters is 1. The fourth-order valence-corrected chi connectivity index (χ4v) is 2.30. The Morgan fingerprint density at radius 1 is 0.920 bits per heavy atom. The van der Waals surface area contributed by atoms with Gasteiger partial charge in [-0.05, 0) is 62.2 Å². The third kappa shape index (κ3) is 4.76. The van der Waals surface area contributed by atoms with Crippen LogP contribution in [0, 0.1) is 13.8 Å². The topological polar surface area (TPSA) is 72.5 Å². The summed E-state index contributed by atoms with van der Waals surface area (Å²) in [6.07, 6.45) is -0.885. The zero-order chi connectivity index (χ0) is 18.6. The van der Waals surface area contributed by atoms with Crippen LogP contribution in [0.1, 0.15) is 45.7 Å². The molecule has 0 aromatic heterocycles. The number of amides is 1. The van der Waals surface area contributed by atoms with Gasteiger partial charge in [-0.25, -0.2) is 4.79 Å². The van der Waals surface area contributed by atoms with E-state index < -0.39 is 12.1 Å². The molecule has 5 heteroatoms. The van der Waals surface area contributed by atoms with Crippen molar-refractivity contribution in [2.75, 3.05) is 5.32 Å². The highest BCUT2D eigenvalue weighted by Crippen LogP contribution is 2.15. The smallest absolute Gasteiger partial charge is 0.338 e. The lowest BCUT2D eigenvalue weighted by molar-refractivity contribution is -0.114. The maximum absolute atomic E-state index is 12.4. The van der Waals surface area contributed by atoms with Crippen molar-refractivity contribution in [2.45, 2.75) is 33.8 Å². The number of carbonyl (C=O) groups is 3. The number of benzene rings is 2. The summed E-state index contributed by atoms with van der Waals surface area (Å²) in [5.74, 6) is -1.02. The van der Waals surface area contributed by atoms with E-state index in [1.165, 1.54) is 6.92 Å². The van der Waals surface area contributed by atoms with Crippen LogP contribution in [0.4, 0.5) is 5.69 Å². The van der Waals surface area contributed by atoms with Gasteiger partial charge in [-0.2, -0.15) is 0 Å². The first-order chi connectivity index (χ1) is 11.8. The lowest BCUT2D eigenvalue weighted by atomic mass is 10.0. The number of hydrogen-bond donors (Lipinski definition) is 1. The van der Waals surface area contributed by atoms with Crippen LogP contribution in [0.5, 0.6) is 0 Å². The summed E-state index contributed by atoms with van der Waals surface area (Å²) >= 11 is 0. The van der Waals surface area contributed by atoms with Crippen molar-refractivity contribution in [1.29, 1.82) is 0 Å². The third-order valence-electron chi connectivity index (χ3n) is 3.89. The Kier molecular flexibility index (Phi) is 5.70. The minimum Gasteiger partial charge on any atom is -0.451 e. The van der Waals surface area contributed by atoms with Gasteiger partial charge in [0.25, 0.3) is 0 Å². The number of anilines is 1. The third-order valence-corrected chi connectivity index (χ3v) is 3.89. The Morgan fingerprint density at radius 3 is 2.08 bits per heavy atom. The van der Waals surface area contributed by atoms with Crippen molar-refractivity contribution < 1.29 is 19.1 Å². The van der Waals surface area contributed by atoms with Crippen LogP contribution in [0.2, 0.25) is 0 Å². The van der Waals surface area contributed by atoms with Crippen LogP contribution in [-0.2, 0) is 9.53 Å². The fraction of sp³-hybridized carbons (Fsp3) is 0.250. The Morgan fingerprint density at radius 2 is 1.52 bits per heavy atom. The highest BCUT2D eigenvalue weighted by molar-refractivity contribution is 6.01. The number of nitrogens with one attached hydrogen (secondary N) is 1. The molecule has 130 valence electrons. The lowest BCUT2D eigenvalue weighted by Gasteiger charge is -2.13. The molecular formula is C20H21NO4. The highest BCUT2D eigenvalue weighted by Gasteiger charge is 2.20. The van der Waals surface area contributed by atoms with Crippen LogP contribution in [0.25, 0.3) is 0 Å². The zero-order valence-corrected chi connectivity index (χ0v) is 14.8. The minimum atomic E-state index is -0.885. The lowest BCUT2D eigenvalue weighted by Crippen LogP contribution is -2.24. The Balaban J connectivity index is 2.04. The predicted molar refractivity (Wildman–Crippen MR) is 95.9 cm³/mol. The molecule has 0 fully saturated rings. The van der Waals surface area contributed by atoms with Crippen LogP contribution in [0.15, 0.2) is 42.5 Å². The predicted octanol–water partition coefficient (Wildman–Crippen LogP) is 3.69. The van der Waals surface area contributed by atoms with E-state index in [9.17, 15) is 14.4 Å². The monoisotopic (exact) mass is 339 g/mol. The van der Waals surface area contributed by atoms with Crippen LogP contribution in [0.3, 0.4) is 0 Å². The molecule has 2 aromatic rings. The van der Waals surface area contributed by atoms with Gasteiger partial charge in [0.15, 0.2) is 6.10 Å². The summed E-state index contributed by atoms with van der Waals surface area (Å²) in [4.78, 5) is 35.6. The number of carbonyl (C=O) groups excluding carboxylic acids is 3. The fourth-order valence-electron chi connectivity index (χ4n) is 2.30. The average molecular weight is 339 g/mol. The first-order valence-electron chi connectivity index (χ1n) is 7.98. The van der Waals surface area contributed by atoms with Gasteiger partial charge in [-0.1, -0.05) is 12.1 Å². The van der Waals surface area contributed by atoms with Gasteiger partial charge in [0.05, 0.1) is 5.56 Å². The molecular weight excluding hydrogens is 318 g/mol. The molecule has 0 saturated carbocycles. The molecule has 0 aliphatic rings. The molecule has 0 saturated heterocycles. The highest BCUT2D eigenvalue weighted by atomic mass is 16.5. The van der Waals surface area contributed by atoms with E-state index in [-0.39, 0.29) is 11.7 Å². The molecule has 0 unspecified atom stereocenters. The van der Waals surface area contributed by atoms with Gasteiger partial charge in [0.1, 0.15) is 0 Å². The molecule has 0 radical (unpaired) electrons. The zero-order valence-electron chi connectivity index (χ0n) is 14.8. The SMILES string of the molecule is CC(=O)Nc1ccc(C(=O)O[C@H](C)C(=O)c2ccc(C)c(C)c2)cc1. The van der Waals surface area contributed by atoms with E-state index in [1.54, 1.807) is 43.3 Å². The van der Waals surface area contributed by atoms with Crippen molar-refractivity contribution >= 4 is 23.3 Å². The van der Waals surface area contributed by atoms with Gasteiger partial charge in [0.2, 0.25) is 11.7 Å². The molecule has 0 bridgehead atoms. The molecule has 0 spiro atoms. The van der Waals surface area contributed by atoms with Crippen molar-refractivity contribution in [3.8, 4) is 0 Å². The Labute approximate surface area is 147 Å². The van der Waals surface area contributed by atoms with Gasteiger partial charge in [-0.3, -0.25) is 9.59 Å². The van der Waals surface area contributed by atoms with Gasteiger partial charge in [0, 0.05) is 18.2 Å². The molecule has 0 heterocycles. The van der Waals surface area contributed by atoms with Crippen molar-refractivity contribution in [3.63, 3.8) is 0 Å². The minimum absolute atomic E-state index is 0.192. The molecule has 5 nitrogen and oxygen atoms in total. The standard InChI is InChI=1S/C20H21NO4/c1-12-5-6-17(11-13(12)2)19(23)14(3)25-20(24)16-7-9-18(10-8-16)21-15(4)22/h5-11,14H,1-4H3,(H,21,22)/t14-/m1/s1. The molecule has 1 amide bonds. The second-order valence-electron chi connectivity index (χ2n) is 5.97. The van der Waals surface area contributed by atoms with E-state index in [2.05, 4.69) is 5.32 Å². The van der Waals surface area contributed by atoms with Crippen molar-refractivity contribution in [3.05, 3.63) is 64.7 Å². The number of hydrogen-bond acceptors (Lipinski definition) is 4. The molecule has 25 heavy (non-hydrogen) atoms. The van der Waals surface area contributed by atoms with Crippen LogP contribution >= 0.6 is 0 Å².